The van der Waals surface area contributed by atoms with E-state index in [4.69, 9.17) is 0 Å². The molecule has 2 saturated heterocycles. The normalized spacial score (nSPS) is 27.4. The van der Waals surface area contributed by atoms with Gasteiger partial charge in [0.15, 0.2) is 0 Å². The maximum atomic E-state index is 4.28. The van der Waals surface area contributed by atoms with Crippen LogP contribution in [0.3, 0.4) is 0 Å². The summed E-state index contributed by atoms with van der Waals surface area (Å²) in [7, 11) is 0. The van der Waals surface area contributed by atoms with Gasteiger partial charge in [0.25, 0.3) is 0 Å². The monoisotopic (exact) mass is 688 g/mol. The smallest absolute Gasteiger partial charge is 0 e. The zero-order valence-electron chi connectivity index (χ0n) is 3.13. The topological polar surface area (TPSA) is 50.1 Å². The Bertz CT molecular complexity index is 49.8. The van der Waals surface area contributed by atoms with E-state index in [0.29, 0.717) is 0 Å². The van der Waals surface area contributed by atoms with Crippen LogP contribution >= 0.6 is 0 Å². The molecular weight excluding hydrogens is 686 g/mol. The molecule has 0 N–H and O–H groups in total. The van der Waals surface area contributed by atoms with Crippen LogP contribution in [0.5, 0.6) is 0 Å². The van der Waals surface area contributed by atoms with E-state index in [1.807, 2.05) is 0 Å². The van der Waals surface area contributed by atoms with E-state index >= 15 is 0 Å². The summed E-state index contributed by atoms with van der Waals surface area (Å²) in [5.41, 5.74) is 0. The summed E-state index contributed by atoms with van der Waals surface area (Å²) in [5, 5.41) is 0. The van der Waals surface area contributed by atoms with E-state index in [1.165, 1.54) is 0 Å². The Morgan fingerprint density at radius 1 is 0.714 bits per heavy atom. The van der Waals surface area contributed by atoms with Crippen molar-refractivity contribution in [2.45, 2.75) is 0 Å². The fourth-order valence-electron chi connectivity index (χ4n) is 0.124. The molecule has 36 valence electrons. The summed E-state index contributed by atoms with van der Waals surface area (Å²) in [4.78, 5) is 0. The maximum Gasteiger partial charge on any atom is 0 e. The molecule has 0 saturated carbocycles. The predicted octanol–water partition coefficient (Wildman–Crippen LogP) is -1.42. The van der Waals surface area contributed by atoms with Crippen molar-refractivity contribution in [3.8, 4) is 0 Å². The first-order valence-corrected chi connectivity index (χ1v) is 7.50. The van der Waals surface area contributed by atoms with Crippen molar-refractivity contribution in [1.29, 1.82) is 0 Å². The molecule has 2 rings (SSSR count). The third-order valence-corrected chi connectivity index (χ3v) is 3.85. The van der Waals surface area contributed by atoms with E-state index in [2.05, 4.69) is 11.4 Å². The van der Waals surface area contributed by atoms with Crippen LogP contribution in [0, 0.1) is 0 Å². The maximum absolute atomic E-state index is 4.28. The van der Waals surface area contributed by atoms with Crippen LogP contribution in [0.4, 0.5) is 0 Å². The van der Waals surface area contributed by atoms with Gasteiger partial charge in [-0.2, -0.15) is 0 Å². The number of hydrogen-bond donors (Lipinski definition) is 0. The molecule has 8 radical (unpaired) electrons. The van der Waals surface area contributed by atoms with Gasteiger partial charge in [0.1, 0.15) is 0 Å². The van der Waals surface area contributed by atoms with E-state index in [9.17, 15) is 0 Å². The molecule has 2 aliphatic rings. The molecule has 7 heteroatoms. The average Bonchev–Trinajstić information content (AvgIpc) is 2.17. The third-order valence-electron chi connectivity index (χ3n) is 0.439. The molecule has 2 aliphatic heterocycles. The molecule has 2 heterocycles. The Kier molecular flexibility index (Phi) is 4.30. The van der Waals surface area contributed by atoms with Gasteiger partial charge in [-0.3, -0.25) is 0 Å². The van der Waals surface area contributed by atoms with Crippen molar-refractivity contribution >= 4 is 77.6 Å². The van der Waals surface area contributed by atoms with Crippen molar-refractivity contribution in [3.63, 3.8) is 0 Å². The predicted molar refractivity (Wildman–Crippen MR) is 21.6 cm³/mol. The minimum absolute atomic E-state index is 0. The van der Waals surface area contributed by atoms with Gasteiger partial charge in [-0.05, 0) is 0 Å². The first-order chi connectivity index (χ1) is 2.41. The Balaban J connectivity index is 0.000000180. The molecule has 0 atom stereocenters. The van der Waals surface area contributed by atoms with Crippen LogP contribution < -0.4 is 0 Å². The van der Waals surface area contributed by atoms with Crippen molar-refractivity contribution in [1.82, 2.24) is 0 Å². The van der Waals surface area contributed by atoms with Crippen molar-refractivity contribution in [2.24, 2.45) is 0 Å². The zero-order chi connectivity index (χ0) is 3.33. The minimum Gasteiger partial charge on any atom is 0 e. The van der Waals surface area contributed by atoms with Gasteiger partial charge < -0.3 is 0 Å². The molecule has 0 aromatic rings. The minimum atomic E-state index is -2.78. The summed E-state index contributed by atoms with van der Waals surface area (Å²) in [5.74, 6) is 0. The van der Waals surface area contributed by atoms with Gasteiger partial charge in [0.05, 0.1) is 0 Å². The number of hydrogen-bond acceptors (Lipinski definition) is 4. The van der Waals surface area contributed by atoms with Gasteiger partial charge in [-0.25, -0.2) is 0 Å². The van der Waals surface area contributed by atoms with Crippen LogP contribution in [-0.2, 0) is 11.4 Å². The average molecular weight is 686 g/mol. The van der Waals surface area contributed by atoms with Gasteiger partial charge in [-0.1, -0.05) is 0 Å². The summed E-state index contributed by atoms with van der Waals surface area (Å²) in [6, 6.07) is 0. The van der Waals surface area contributed by atoms with Gasteiger partial charge >= 0.3 is 34.3 Å². The van der Waals surface area contributed by atoms with Crippen LogP contribution in [0.2, 0.25) is 0 Å². The second kappa shape index (κ2) is 3.13. The first kappa shape index (κ1) is 9.61. The van der Waals surface area contributed by atoms with Crippen molar-refractivity contribution < 1.29 is 11.4 Å². The number of rotatable bonds is 0. The SMILES string of the molecule is [O]1[O][Pb]12[O][O]2.[Pb].[Pb]. The molecular formula is O4Pb3. The van der Waals surface area contributed by atoms with Crippen LogP contribution in [0.1, 0.15) is 0 Å². The fourth-order valence-corrected chi connectivity index (χ4v) is 5.73. The third kappa shape index (κ3) is 2.36. The Labute approximate surface area is 87.3 Å². The summed E-state index contributed by atoms with van der Waals surface area (Å²) in [6.45, 7) is 0. The standard InChI is InChI=1S/2O2.3Pb/c2*1-2;;;/q2*-2;;;+4. The molecule has 0 bridgehead atoms. The molecule has 0 amide bonds. The molecule has 0 aromatic heterocycles. The van der Waals surface area contributed by atoms with E-state index in [-0.39, 0.29) is 54.6 Å². The first-order valence-electron chi connectivity index (χ1n) is 1.15. The summed E-state index contributed by atoms with van der Waals surface area (Å²) in [6.07, 6.45) is 0. The van der Waals surface area contributed by atoms with Gasteiger partial charge in [-0.15, -0.1) is 0 Å². The molecule has 0 aliphatic carbocycles. The Hall–Kier alpha value is 2.61. The molecule has 0 aromatic carbocycles. The zero-order valence-corrected chi connectivity index (χ0v) is 14.8. The van der Waals surface area contributed by atoms with Crippen molar-refractivity contribution in [3.05, 3.63) is 0 Å². The summed E-state index contributed by atoms with van der Waals surface area (Å²) >= 11 is -2.78. The molecule has 2 fully saturated rings. The van der Waals surface area contributed by atoms with Crippen LogP contribution in [-0.4, -0.2) is 77.6 Å². The molecule has 1 spiro atoms. The van der Waals surface area contributed by atoms with E-state index in [1.54, 1.807) is 0 Å². The van der Waals surface area contributed by atoms with Crippen LogP contribution in [0.15, 0.2) is 0 Å². The van der Waals surface area contributed by atoms with Crippen molar-refractivity contribution in [2.75, 3.05) is 0 Å². The quantitative estimate of drug-likeness (QED) is 0.179. The fraction of sp³-hybridized carbons (Fsp3) is 0. The van der Waals surface area contributed by atoms with E-state index < -0.39 is 23.0 Å². The van der Waals surface area contributed by atoms with Crippen LogP contribution in [0.25, 0.3) is 0 Å². The molecule has 4 nitrogen and oxygen atoms in total. The largest absolute Gasteiger partial charge is 0 e. The second-order valence-corrected chi connectivity index (χ2v) is 7.31. The van der Waals surface area contributed by atoms with Gasteiger partial charge in [0.2, 0.25) is 0 Å². The second-order valence-electron chi connectivity index (χ2n) is 0.833. The Morgan fingerprint density at radius 2 is 1.00 bits per heavy atom. The molecule has 7 heavy (non-hydrogen) atoms. The molecule has 0 unspecified atom stereocenters. The van der Waals surface area contributed by atoms with E-state index in [0.717, 1.165) is 0 Å². The Morgan fingerprint density at radius 3 is 1.00 bits per heavy atom. The van der Waals surface area contributed by atoms with Gasteiger partial charge in [0, 0.05) is 54.6 Å². The summed E-state index contributed by atoms with van der Waals surface area (Å²) < 4.78 is 17.1.